The highest BCUT2D eigenvalue weighted by Gasteiger charge is 2.17. The van der Waals surface area contributed by atoms with Crippen molar-refractivity contribution in [1.82, 2.24) is 25.4 Å². The molecule has 0 aliphatic heterocycles. The average molecular weight is 177 g/mol. The Labute approximate surface area is 75.6 Å². The van der Waals surface area contributed by atoms with Crippen molar-refractivity contribution in [2.45, 2.75) is 26.2 Å². The van der Waals surface area contributed by atoms with Crippen LogP contribution in [0, 0.1) is 0 Å². The average Bonchev–Trinajstić information content (AvgIpc) is 2.47. The van der Waals surface area contributed by atoms with Crippen molar-refractivity contribution < 1.29 is 0 Å². The van der Waals surface area contributed by atoms with E-state index in [-0.39, 0.29) is 5.41 Å². The third-order valence-electron chi connectivity index (χ3n) is 1.75. The lowest BCUT2D eigenvalue weighted by molar-refractivity contribution is 0.548. The predicted octanol–water partition coefficient (Wildman–Crippen LogP) is 1.05. The normalized spacial score (nSPS) is 12.2. The lowest BCUT2D eigenvalue weighted by Crippen LogP contribution is -2.15. The largest absolute Gasteiger partial charge is 0.238 e. The van der Waals surface area contributed by atoms with Crippen LogP contribution < -0.4 is 0 Å². The molecule has 0 aliphatic carbocycles. The van der Waals surface area contributed by atoms with E-state index >= 15 is 0 Å². The van der Waals surface area contributed by atoms with Crippen LogP contribution in [0.5, 0.6) is 0 Å². The molecule has 0 saturated heterocycles. The van der Waals surface area contributed by atoms with Crippen LogP contribution in [0.25, 0.3) is 11.2 Å². The summed E-state index contributed by atoms with van der Waals surface area (Å²) in [6.45, 7) is 6.19. The molecule has 2 rings (SSSR count). The van der Waals surface area contributed by atoms with Crippen molar-refractivity contribution in [3.63, 3.8) is 0 Å². The Kier molecular flexibility index (Phi) is 1.55. The van der Waals surface area contributed by atoms with Crippen LogP contribution in [0.3, 0.4) is 0 Å². The molecule has 0 unspecified atom stereocenters. The Morgan fingerprint density at radius 2 is 2.00 bits per heavy atom. The lowest BCUT2D eigenvalue weighted by atomic mass is 9.96. The molecule has 0 fully saturated rings. The van der Waals surface area contributed by atoms with Crippen LogP contribution in [0.15, 0.2) is 6.20 Å². The molecular weight excluding hydrogens is 166 g/mol. The van der Waals surface area contributed by atoms with Gasteiger partial charge in [-0.1, -0.05) is 20.8 Å². The molecule has 68 valence electrons. The van der Waals surface area contributed by atoms with Crippen LogP contribution in [0.4, 0.5) is 0 Å². The summed E-state index contributed by atoms with van der Waals surface area (Å²) < 4.78 is 0. The van der Waals surface area contributed by atoms with Gasteiger partial charge >= 0.3 is 0 Å². The molecule has 0 amide bonds. The number of aromatic nitrogens is 5. The topological polar surface area (TPSA) is 67.3 Å². The molecular formula is C8H11N5. The summed E-state index contributed by atoms with van der Waals surface area (Å²) in [5.41, 5.74) is 1.28. The van der Waals surface area contributed by atoms with Crippen molar-refractivity contribution in [2.75, 3.05) is 0 Å². The van der Waals surface area contributed by atoms with Crippen LogP contribution in [-0.4, -0.2) is 25.4 Å². The second-order valence-electron chi connectivity index (χ2n) is 3.98. The zero-order valence-corrected chi connectivity index (χ0v) is 7.87. The van der Waals surface area contributed by atoms with Gasteiger partial charge in [0.05, 0.1) is 6.20 Å². The zero-order valence-electron chi connectivity index (χ0n) is 7.87. The van der Waals surface area contributed by atoms with Crippen LogP contribution in [0.1, 0.15) is 26.6 Å². The quantitative estimate of drug-likeness (QED) is 0.653. The standard InChI is InChI=1S/C8H11N5/c1-8(2,3)7-9-4-5-6(10-7)12-13-11-5/h4H,1-3H3,(H,9,10,11,12,13). The van der Waals surface area contributed by atoms with E-state index in [1.807, 2.05) is 0 Å². The maximum Gasteiger partial charge on any atom is 0.204 e. The molecule has 5 nitrogen and oxygen atoms in total. The molecule has 0 spiro atoms. The number of fused-ring (bicyclic) bond motifs is 1. The minimum Gasteiger partial charge on any atom is -0.238 e. The molecule has 2 aromatic rings. The molecule has 1 N–H and O–H groups in total. The molecule has 2 heterocycles. The first-order valence-electron chi connectivity index (χ1n) is 4.11. The summed E-state index contributed by atoms with van der Waals surface area (Å²) in [5.74, 6) is 0.786. The van der Waals surface area contributed by atoms with Gasteiger partial charge in [0.1, 0.15) is 11.3 Å². The van der Waals surface area contributed by atoms with Gasteiger partial charge in [-0.2, -0.15) is 10.3 Å². The Bertz CT molecular complexity index is 425. The van der Waals surface area contributed by atoms with Gasteiger partial charge in [-0.15, -0.1) is 5.10 Å². The van der Waals surface area contributed by atoms with Gasteiger partial charge in [-0.3, -0.25) is 0 Å². The highest BCUT2D eigenvalue weighted by molar-refractivity contribution is 5.67. The molecule has 0 aliphatic rings. The van der Waals surface area contributed by atoms with Gasteiger partial charge in [-0.25, -0.2) is 9.97 Å². The summed E-state index contributed by atoms with van der Waals surface area (Å²) in [4.78, 5) is 8.51. The molecule has 0 atom stereocenters. The van der Waals surface area contributed by atoms with Gasteiger partial charge in [-0.05, 0) is 0 Å². The van der Waals surface area contributed by atoms with Gasteiger partial charge in [0, 0.05) is 5.41 Å². The first-order valence-corrected chi connectivity index (χ1v) is 4.11. The van der Waals surface area contributed by atoms with E-state index in [1.165, 1.54) is 0 Å². The summed E-state index contributed by atoms with van der Waals surface area (Å²) in [5, 5.41) is 10.3. The summed E-state index contributed by atoms with van der Waals surface area (Å²) >= 11 is 0. The van der Waals surface area contributed by atoms with E-state index in [0.717, 1.165) is 5.82 Å². The van der Waals surface area contributed by atoms with Gasteiger partial charge in [0.25, 0.3) is 0 Å². The Morgan fingerprint density at radius 3 is 2.69 bits per heavy atom. The van der Waals surface area contributed by atoms with Crippen molar-refractivity contribution in [2.24, 2.45) is 0 Å². The molecule has 2 aromatic heterocycles. The fraction of sp³-hybridized carbons (Fsp3) is 0.500. The van der Waals surface area contributed by atoms with Gasteiger partial charge in [0.15, 0.2) is 0 Å². The first kappa shape index (κ1) is 8.10. The number of rotatable bonds is 0. The van der Waals surface area contributed by atoms with Gasteiger partial charge < -0.3 is 0 Å². The lowest BCUT2D eigenvalue weighted by Gasteiger charge is -2.14. The third-order valence-corrected chi connectivity index (χ3v) is 1.75. The Balaban J connectivity index is 2.61. The number of H-pyrrole nitrogens is 1. The van der Waals surface area contributed by atoms with E-state index < -0.39 is 0 Å². The van der Waals surface area contributed by atoms with Crippen molar-refractivity contribution >= 4 is 11.2 Å². The summed E-state index contributed by atoms with van der Waals surface area (Å²) in [7, 11) is 0. The van der Waals surface area contributed by atoms with Crippen molar-refractivity contribution in [1.29, 1.82) is 0 Å². The maximum atomic E-state index is 4.29. The second kappa shape index (κ2) is 2.48. The van der Waals surface area contributed by atoms with E-state index in [4.69, 9.17) is 0 Å². The molecule has 0 bridgehead atoms. The van der Waals surface area contributed by atoms with E-state index in [1.54, 1.807) is 6.20 Å². The smallest absolute Gasteiger partial charge is 0.204 e. The summed E-state index contributed by atoms with van der Waals surface area (Å²) in [6, 6.07) is 0. The number of aromatic amines is 1. The fourth-order valence-electron chi connectivity index (χ4n) is 1.02. The molecule has 5 heteroatoms. The third kappa shape index (κ3) is 1.37. The van der Waals surface area contributed by atoms with E-state index in [9.17, 15) is 0 Å². The molecule has 0 radical (unpaired) electrons. The molecule has 0 saturated carbocycles. The Morgan fingerprint density at radius 1 is 1.23 bits per heavy atom. The first-order chi connectivity index (χ1) is 6.07. The molecule has 0 aromatic carbocycles. The minimum atomic E-state index is -0.0485. The van der Waals surface area contributed by atoms with Crippen LogP contribution >= 0.6 is 0 Å². The zero-order chi connectivity index (χ0) is 9.47. The predicted molar refractivity (Wildman–Crippen MR) is 48.2 cm³/mol. The van der Waals surface area contributed by atoms with Crippen molar-refractivity contribution in [3.05, 3.63) is 12.0 Å². The highest BCUT2D eigenvalue weighted by Crippen LogP contribution is 2.18. The van der Waals surface area contributed by atoms with Crippen molar-refractivity contribution in [3.8, 4) is 0 Å². The van der Waals surface area contributed by atoms with Gasteiger partial charge in [0.2, 0.25) is 5.65 Å². The summed E-state index contributed by atoms with van der Waals surface area (Å²) in [6.07, 6.45) is 1.69. The SMILES string of the molecule is CC(C)(C)c1ncc2n[nH]nc2n1. The van der Waals surface area contributed by atoms with E-state index in [2.05, 4.69) is 46.1 Å². The monoisotopic (exact) mass is 177 g/mol. The number of nitrogens with zero attached hydrogens (tertiary/aromatic N) is 4. The highest BCUT2D eigenvalue weighted by atomic mass is 15.3. The maximum absolute atomic E-state index is 4.29. The van der Waals surface area contributed by atoms with E-state index in [0.29, 0.717) is 11.2 Å². The fourth-order valence-corrected chi connectivity index (χ4v) is 1.02. The number of hydrogen-bond acceptors (Lipinski definition) is 4. The minimum absolute atomic E-state index is 0.0485. The molecule has 13 heavy (non-hydrogen) atoms. The Hall–Kier alpha value is -1.52. The number of hydrogen-bond donors (Lipinski definition) is 1. The number of nitrogens with one attached hydrogen (secondary N) is 1. The van der Waals surface area contributed by atoms with Crippen LogP contribution in [-0.2, 0) is 5.41 Å². The second-order valence-corrected chi connectivity index (χ2v) is 3.98. The van der Waals surface area contributed by atoms with Crippen LogP contribution in [0.2, 0.25) is 0 Å².